The van der Waals surface area contributed by atoms with Gasteiger partial charge >= 0.3 is 0 Å². The fourth-order valence-corrected chi connectivity index (χ4v) is 1.67. The molecule has 6 heteroatoms. The Kier molecular flexibility index (Phi) is 2.96. The van der Waals surface area contributed by atoms with E-state index in [0.717, 1.165) is 9.26 Å². The average molecular weight is 380 g/mol. The molecule has 15 heavy (non-hydrogen) atoms. The number of aryl methyl sites for hydroxylation is 1. The van der Waals surface area contributed by atoms with E-state index in [1.165, 1.54) is 0 Å². The van der Waals surface area contributed by atoms with Crippen LogP contribution in [0.15, 0.2) is 21.2 Å². The number of nitrogens with two attached hydrogens (primary N) is 1. The molecule has 0 saturated heterocycles. The molecular formula is C9H7BrIN3O. The third kappa shape index (κ3) is 2.15. The predicted molar refractivity (Wildman–Crippen MR) is 69.3 cm³/mol. The number of hydrogen-bond donors (Lipinski definition) is 1. The van der Waals surface area contributed by atoms with Crippen LogP contribution in [0.4, 0.5) is 5.82 Å². The maximum Gasteiger partial charge on any atom is 0.197 e. The molecule has 2 N–H and O–H groups in total. The lowest BCUT2D eigenvalue weighted by molar-refractivity contribution is 0.551. The van der Waals surface area contributed by atoms with Gasteiger partial charge < -0.3 is 10.2 Å². The van der Waals surface area contributed by atoms with Crippen LogP contribution in [-0.2, 0) is 0 Å². The van der Waals surface area contributed by atoms with E-state index in [1.807, 2.05) is 6.92 Å². The third-order valence-electron chi connectivity index (χ3n) is 1.84. The van der Waals surface area contributed by atoms with Gasteiger partial charge in [0.2, 0.25) is 0 Å². The van der Waals surface area contributed by atoms with E-state index in [1.54, 1.807) is 12.1 Å². The highest BCUT2D eigenvalue weighted by atomic mass is 127. The van der Waals surface area contributed by atoms with E-state index in [9.17, 15) is 0 Å². The molecule has 78 valence electrons. The van der Waals surface area contributed by atoms with E-state index in [-0.39, 0.29) is 0 Å². The molecule has 0 aromatic carbocycles. The summed E-state index contributed by atoms with van der Waals surface area (Å²) < 4.78 is 6.88. The topological polar surface area (TPSA) is 64.9 Å². The summed E-state index contributed by atoms with van der Waals surface area (Å²) in [5.41, 5.74) is 6.61. The zero-order valence-corrected chi connectivity index (χ0v) is 11.5. The van der Waals surface area contributed by atoms with Crippen molar-refractivity contribution in [1.29, 1.82) is 0 Å². The number of hydrogen-bond acceptors (Lipinski definition) is 4. The summed E-state index contributed by atoms with van der Waals surface area (Å²) in [5.74, 6) is 1.59. The third-order valence-corrected chi connectivity index (χ3v) is 3.60. The largest absolute Gasteiger partial charge is 0.446 e. The van der Waals surface area contributed by atoms with Gasteiger partial charge in [-0.25, -0.2) is 9.97 Å². The van der Waals surface area contributed by atoms with E-state index in [0.29, 0.717) is 22.1 Å². The second kappa shape index (κ2) is 4.09. The maximum atomic E-state index is 5.75. The Morgan fingerprint density at radius 3 is 2.67 bits per heavy atom. The van der Waals surface area contributed by atoms with Gasteiger partial charge in [-0.15, -0.1) is 0 Å². The fraction of sp³-hybridized carbons (Fsp3) is 0.111. The molecule has 0 unspecified atom stereocenters. The van der Waals surface area contributed by atoms with Crippen molar-refractivity contribution in [1.82, 2.24) is 9.97 Å². The van der Waals surface area contributed by atoms with Gasteiger partial charge in [-0.2, -0.15) is 0 Å². The van der Waals surface area contributed by atoms with Crippen LogP contribution in [0, 0.1) is 10.5 Å². The zero-order chi connectivity index (χ0) is 11.0. The summed E-state index contributed by atoms with van der Waals surface area (Å²) in [5, 5.41) is 0. The number of nitrogens with zero attached hydrogens (tertiary/aromatic N) is 2. The van der Waals surface area contributed by atoms with Gasteiger partial charge in [0.05, 0.1) is 9.26 Å². The van der Waals surface area contributed by atoms with E-state index >= 15 is 0 Å². The van der Waals surface area contributed by atoms with E-state index in [2.05, 4.69) is 48.5 Å². The first-order chi connectivity index (χ1) is 7.08. The molecule has 0 aliphatic rings. The Bertz CT molecular complexity index is 489. The molecule has 0 atom stereocenters. The SMILES string of the molecule is Cc1nc(-c2ccc(Br)o2)nc(N)c1I. The normalized spacial score (nSPS) is 10.6. The number of nitrogen functional groups attached to an aromatic ring is 1. The van der Waals surface area contributed by atoms with Crippen molar-refractivity contribution in [3.8, 4) is 11.6 Å². The fourth-order valence-electron chi connectivity index (χ4n) is 1.13. The number of aromatic nitrogens is 2. The number of rotatable bonds is 1. The van der Waals surface area contributed by atoms with Crippen LogP contribution in [0.3, 0.4) is 0 Å². The summed E-state index contributed by atoms with van der Waals surface area (Å²) in [6.45, 7) is 1.89. The molecule has 2 heterocycles. The van der Waals surface area contributed by atoms with Crippen LogP contribution < -0.4 is 5.73 Å². The second-order valence-electron chi connectivity index (χ2n) is 2.94. The molecule has 0 amide bonds. The van der Waals surface area contributed by atoms with Gasteiger partial charge in [0.25, 0.3) is 0 Å². The monoisotopic (exact) mass is 379 g/mol. The van der Waals surface area contributed by atoms with Gasteiger partial charge in [0.15, 0.2) is 16.3 Å². The van der Waals surface area contributed by atoms with Crippen molar-refractivity contribution >= 4 is 44.3 Å². The van der Waals surface area contributed by atoms with Crippen LogP contribution in [0.1, 0.15) is 5.69 Å². The van der Waals surface area contributed by atoms with E-state index in [4.69, 9.17) is 10.2 Å². The van der Waals surface area contributed by atoms with Crippen LogP contribution >= 0.6 is 38.5 Å². The summed E-state index contributed by atoms with van der Waals surface area (Å²) in [4.78, 5) is 8.47. The van der Waals surface area contributed by atoms with Gasteiger partial charge in [0.1, 0.15) is 5.82 Å². The maximum absolute atomic E-state index is 5.75. The quantitative estimate of drug-likeness (QED) is 0.773. The van der Waals surface area contributed by atoms with Gasteiger partial charge in [-0.1, -0.05) is 0 Å². The number of halogens is 2. The minimum Gasteiger partial charge on any atom is -0.446 e. The standard InChI is InChI=1S/C9H7BrIN3O/c1-4-7(11)8(12)14-9(13-4)5-2-3-6(10)15-5/h2-3H,1H3,(H2,12,13,14). The first-order valence-electron chi connectivity index (χ1n) is 4.13. The second-order valence-corrected chi connectivity index (χ2v) is 4.80. The van der Waals surface area contributed by atoms with Crippen molar-refractivity contribution in [2.45, 2.75) is 6.92 Å². The van der Waals surface area contributed by atoms with Crippen molar-refractivity contribution in [2.24, 2.45) is 0 Å². The summed E-state index contributed by atoms with van der Waals surface area (Å²) in [6.07, 6.45) is 0. The Balaban J connectivity index is 2.55. The van der Waals surface area contributed by atoms with Gasteiger partial charge in [-0.3, -0.25) is 0 Å². The van der Waals surface area contributed by atoms with Crippen molar-refractivity contribution < 1.29 is 4.42 Å². The molecule has 4 nitrogen and oxygen atoms in total. The Hall–Kier alpha value is -0.630. The number of furan rings is 1. The highest BCUT2D eigenvalue weighted by Gasteiger charge is 2.11. The molecule has 0 fully saturated rings. The Morgan fingerprint density at radius 1 is 1.40 bits per heavy atom. The molecular weight excluding hydrogens is 373 g/mol. The lowest BCUT2D eigenvalue weighted by Gasteiger charge is -2.03. The lowest BCUT2D eigenvalue weighted by Crippen LogP contribution is -2.01. The first kappa shape index (κ1) is 10.9. The molecule has 0 spiro atoms. The minimum atomic E-state index is 0.477. The molecule has 2 aromatic heterocycles. The van der Waals surface area contributed by atoms with Crippen LogP contribution in [0.5, 0.6) is 0 Å². The average Bonchev–Trinajstić information content (AvgIpc) is 2.60. The Morgan fingerprint density at radius 2 is 2.13 bits per heavy atom. The van der Waals surface area contributed by atoms with Gasteiger partial charge in [-0.05, 0) is 57.6 Å². The number of anilines is 1. The van der Waals surface area contributed by atoms with Crippen molar-refractivity contribution in [3.63, 3.8) is 0 Å². The minimum absolute atomic E-state index is 0.477. The molecule has 0 aliphatic heterocycles. The van der Waals surface area contributed by atoms with Gasteiger partial charge in [0, 0.05) is 0 Å². The van der Waals surface area contributed by atoms with Crippen LogP contribution in [-0.4, -0.2) is 9.97 Å². The smallest absolute Gasteiger partial charge is 0.197 e. The Labute approximate surface area is 109 Å². The summed E-state index contributed by atoms with van der Waals surface area (Å²) >= 11 is 5.35. The molecule has 0 saturated carbocycles. The molecule has 0 aliphatic carbocycles. The molecule has 0 radical (unpaired) electrons. The highest BCUT2D eigenvalue weighted by Crippen LogP contribution is 2.25. The van der Waals surface area contributed by atoms with Crippen molar-refractivity contribution in [2.75, 3.05) is 5.73 Å². The molecule has 0 bridgehead atoms. The molecule has 2 aromatic rings. The first-order valence-corrected chi connectivity index (χ1v) is 6.00. The molecule has 2 rings (SSSR count). The van der Waals surface area contributed by atoms with Crippen molar-refractivity contribution in [3.05, 3.63) is 26.1 Å². The summed E-state index contributed by atoms with van der Waals surface area (Å²) in [7, 11) is 0. The van der Waals surface area contributed by atoms with Crippen LogP contribution in [0.25, 0.3) is 11.6 Å². The predicted octanol–water partition coefficient (Wildman–Crippen LogP) is 2.99. The highest BCUT2D eigenvalue weighted by molar-refractivity contribution is 14.1. The lowest BCUT2D eigenvalue weighted by atomic mass is 10.3. The van der Waals surface area contributed by atoms with E-state index < -0.39 is 0 Å². The zero-order valence-electron chi connectivity index (χ0n) is 7.79. The van der Waals surface area contributed by atoms with Crippen LogP contribution in [0.2, 0.25) is 0 Å². The summed E-state index contributed by atoms with van der Waals surface area (Å²) in [6, 6.07) is 3.59.